The molecule has 2 aromatic carbocycles. The van der Waals surface area contributed by atoms with Crippen molar-refractivity contribution in [2.75, 3.05) is 0 Å². The molecule has 0 saturated carbocycles. The molecule has 2 rings (SSSR count). The van der Waals surface area contributed by atoms with Gasteiger partial charge in [-0.2, -0.15) is 0 Å². The van der Waals surface area contributed by atoms with Crippen molar-refractivity contribution in [3.05, 3.63) is 68.8 Å². The summed E-state index contributed by atoms with van der Waals surface area (Å²) in [6.45, 7) is 6.70. The number of aliphatic hydroxyl groups is 1. The first-order valence-corrected chi connectivity index (χ1v) is 8.06. The Labute approximate surface area is 135 Å². The molecule has 0 radical (unpaired) electrons. The van der Waals surface area contributed by atoms with Gasteiger partial charge in [0.1, 0.15) is 6.10 Å². The Kier molecular flexibility index (Phi) is 4.86. The second-order valence-corrected chi connectivity index (χ2v) is 6.95. The molecular weight excluding hydrogens is 359 g/mol. The van der Waals surface area contributed by atoms with E-state index in [-0.39, 0.29) is 5.41 Å². The molecule has 0 aromatic heterocycles. The minimum absolute atomic E-state index is 0.185. The van der Waals surface area contributed by atoms with Crippen LogP contribution in [0.1, 0.15) is 50.0 Å². The lowest BCUT2D eigenvalue weighted by atomic mass is 9.82. The smallest absolute Gasteiger partial charge is 0.105 e. The van der Waals surface area contributed by atoms with Gasteiger partial charge in [0.05, 0.1) is 0 Å². The van der Waals surface area contributed by atoms with Crippen LogP contribution in [0.25, 0.3) is 0 Å². The van der Waals surface area contributed by atoms with E-state index in [4.69, 9.17) is 0 Å². The molecule has 2 aromatic rings. The SMILES string of the molecule is CCC(C)(C)c1ccc(C(O)c2ccccc2I)cc1. The van der Waals surface area contributed by atoms with Gasteiger partial charge >= 0.3 is 0 Å². The third-order valence-electron chi connectivity index (χ3n) is 4.09. The van der Waals surface area contributed by atoms with Crippen LogP contribution in [-0.4, -0.2) is 5.11 Å². The molecule has 0 fully saturated rings. The summed E-state index contributed by atoms with van der Waals surface area (Å²) in [5.41, 5.74) is 3.42. The van der Waals surface area contributed by atoms with Crippen LogP contribution < -0.4 is 0 Å². The standard InChI is InChI=1S/C18H21IO/c1-4-18(2,3)14-11-9-13(10-12-14)17(20)15-7-5-6-8-16(15)19/h5-12,17,20H,4H2,1-3H3. The Morgan fingerprint density at radius 3 is 2.20 bits per heavy atom. The van der Waals surface area contributed by atoms with Crippen molar-refractivity contribution in [1.29, 1.82) is 0 Å². The highest BCUT2D eigenvalue weighted by Gasteiger charge is 2.19. The maximum atomic E-state index is 10.5. The average Bonchev–Trinajstić information content (AvgIpc) is 2.47. The normalized spacial score (nSPS) is 13.2. The quantitative estimate of drug-likeness (QED) is 0.736. The third kappa shape index (κ3) is 3.23. The van der Waals surface area contributed by atoms with Crippen LogP contribution >= 0.6 is 22.6 Å². The van der Waals surface area contributed by atoms with Crippen molar-refractivity contribution in [3.63, 3.8) is 0 Å². The Balaban J connectivity index is 2.29. The van der Waals surface area contributed by atoms with E-state index >= 15 is 0 Å². The monoisotopic (exact) mass is 380 g/mol. The summed E-state index contributed by atoms with van der Waals surface area (Å²) in [5.74, 6) is 0. The topological polar surface area (TPSA) is 20.2 Å². The summed E-state index contributed by atoms with van der Waals surface area (Å²) in [4.78, 5) is 0. The van der Waals surface area contributed by atoms with Gasteiger partial charge in [0.15, 0.2) is 0 Å². The van der Waals surface area contributed by atoms with Gasteiger partial charge in [-0.1, -0.05) is 63.2 Å². The van der Waals surface area contributed by atoms with Crippen molar-refractivity contribution in [2.45, 2.75) is 38.7 Å². The maximum Gasteiger partial charge on any atom is 0.105 e. The molecule has 0 aliphatic heterocycles. The van der Waals surface area contributed by atoms with Crippen molar-refractivity contribution in [3.8, 4) is 0 Å². The van der Waals surface area contributed by atoms with Crippen LogP contribution in [0.4, 0.5) is 0 Å². The van der Waals surface area contributed by atoms with E-state index in [1.165, 1.54) is 5.56 Å². The molecule has 0 heterocycles. The van der Waals surface area contributed by atoms with E-state index in [1.54, 1.807) is 0 Å². The summed E-state index contributed by atoms with van der Waals surface area (Å²) in [7, 11) is 0. The lowest BCUT2D eigenvalue weighted by Gasteiger charge is -2.24. The lowest BCUT2D eigenvalue weighted by molar-refractivity contribution is 0.219. The Morgan fingerprint density at radius 1 is 1.05 bits per heavy atom. The number of rotatable bonds is 4. The van der Waals surface area contributed by atoms with Crippen LogP contribution in [0.15, 0.2) is 48.5 Å². The van der Waals surface area contributed by atoms with Crippen LogP contribution in [-0.2, 0) is 5.41 Å². The zero-order chi connectivity index (χ0) is 14.8. The molecule has 1 nitrogen and oxygen atoms in total. The average molecular weight is 380 g/mol. The lowest BCUT2D eigenvalue weighted by Crippen LogP contribution is -2.15. The molecule has 0 aliphatic carbocycles. The molecule has 106 valence electrons. The van der Waals surface area contributed by atoms with Gasteiger partial charge in [0.25, 0.3) is 0 Å². The maximum absolute atomic E-state index is 10.5. The second-order valence-electron chi connectivity index (χ2n) is 5.78. The van der Waals surface area contributed by atoms with E-state index < -0.39 is 6.10 Å². The summed E-state index contributed by atoms with van der Waals surface area (Å²) in [6.07, 6.45) is 0.549. The molecule has 0 amide bonds. The number of benzene rings is 2. The molecule has 0 aliphatic rings. The van der Waals surface area contributed by atoms with Crippen molar-refractivity contribution in [2.24, 2.45) is 0 Å². The molecule has 0 bridgehead atoms. The highest BCUT2D eigenvalue weighted by Crippen LogP contribution is 2.30. The number of halogens is 1. The minimum Gasteiger partial charge on any atom is -0.384 e. The number of hydrogen-bond donors (Lipinski definition) is 1. The van der Waals surface area contributed by atoms with Crippen molar-refractivity contribution >= 4 is 22.6 Å². The number of hydrogen-bond acceptors (Lipinski definition) is 1. The van der Waals surface area contributed by atoms with Gasteiger partial charge in [-0.15, -0.1) is 0 Å². The fourth-order valence-corrected chi connectivity index (χ4v) is 2.88. The molecule has 1 N–H and O–H groups in total. The van der Waals surface area contributed by atoms with E-state index in [0.29, 0.717) is 0 Å². The largest absolute Gasteiger partial charge is 0.384 e. The fraction of sp³-hybridized carbons (Fsp3) is 0.333. The third-order valence-corrected chi connectivity index (χ3v) is 5.07. The van der Waals surface area contributed by atoms with E-state index in [0.717, 1.165) is 21.1 Å². The van der Waals surface area contributed by atoms with Crippen LogP contribution in [0.2, 0.25) is 0 Å². The zero-order valence-corrected chi connectivity index (χ0v) is 14.4. The van der Waals surface area contributed by atoms with Gasteiger partial charge in [0, 0.05) is 3.57 Å². The molecule has 2 heteroatoms. The van der Waals surface area contributed by atoms with Gasteiger partial charge in [0.2, 0.25) is 0 Å². The molecular formula is C18H21IO. The predicted octanol–water partition coefficient (Wildman–Crippen LogP) is 5.06. The van der Waals surface area contributed by atoms with Crippen LogP contribution in [0, 0.1) is 3.57 Å². The Morgan fingerprint density at radius 2 is 1.65 bits per heavy atom. The zero-order valence-electron chi connectivity index (χ0n) is 12.2. The number of aliphatic hydroxyl groups excluding tert-OH is 1. The van der Waals surface area contributed by atoms with Gasteiger partial charge in [-0.25, -0.2) is 0 Å². The second kappa shape index (κ2) is 6.27. The molecule has 20 heavy (non-hydrogen) atoms. The van der Waals surface area contributed by atoms with Crippen molar-refractivity contribution < 1.29 is 5.11 Å². The van der Waals surface area contributed by atoms with E-state index in [9.17, 15) is 5.11 Å². The Bertz CT molecular complexity index is 572. The summed E-state index contributed by atoms with van der Waals surface area (Å²) < 4.78 is 1.09. The molecule has 1 unspecified atom stereocenters. The first kappa shape index (κ1) is 15.5. The minimum atomic E-state index is -0.554. The predicted molar refractivity (Wildman–Crippen MR) is 93.0 cm³/mol. The van der Waals surface area contributed by atoms with Crippen molar-refractivity contribution in [1.82, 2.24) is 0 Å². The van der Waals surface area contributed by atoms with Gasteiger partial charge in [-0.05, 0) is 57.2 Å². The first-order chi connectivity index (χ1) is 9.45. The summed E-state index contributed by atoms with van der Waals surface area (Å²) >= 11 is 2.27. The summed E-state index contributed by atoms with van der Waals surface area (Å²) in [5, 5.41) is 10.5. The molecule has 1 atom stereocenters. The van der Waals surface area contributed by atoms with E-state index in [2.05, 4.69) is 55.5 Å². The molecule has 0 spiro atoms. The fourth-order valence-electron chi connectivity index (χ4n) is 2.20. The van der Waals surface area contributed by atoms with E-state index in [1.807, 2.05) is 36.4 Å². The van der Waals surface area contributed by atoms with Crippen LogP contribution in [0.3, 0.4) is 0 Å². The summed E-state index contributed by atoms with van der Waals surface area (Å²) in [6, 6.07) is 16.3. The van der Waals surface area contributed by atoms with Crippen LogP contribution in [0.5, 0.6) is 0 Å². The highest BCUT2D eigenvalue weighted by atomic mass is 127. The Hall–Kier alpha value is -0.870. The van der Waals surface area contributed by atoms with Gasteiger partial charge in [-0.3, -0.25) is 0 Å². The molecule has 0 saturated heterocycles. The first-order valence-electron chi connectivity index (χ1n) is 6.98. The van der Waals surface area contributed by atoms with Gasteiger partial charge < -0.3 is 5.11 Å². The highest BCUT2D eigenvalue weighted by molar-refractivity contribution is 14.1.